The Morgan fingerprint density at radius 2 is 1.80 bits per heavy atom. The van der Waals surface area contributed by atoms with E-state index in [0.29, 0.717) is 38.2 Å². The molecule has 0 aromatic heterocycles. The Labute approximate surface area is 183 Å². The summed E-state index contributed by atoms with van der Waals surface area (Å²) in [5, 5.41) is 1.12. The maximum atomic E-state index is 12.8. The summed E-state index contributed by atoms with van der Waals surface area (Å²) in [5.41, 5.74) is 2.58. The molecule has 0 bridgehead atoms. The number of esters is 1. The van der Waals surface area contributed by atoms with E-state index < -0.39 is 5.97 Å². The van der Waals surface area contributed by atoms with Crippen LogP contribution in [-0.4, -0.2) is 11.8 Å². The normalized spacial score (nSPS) is 13.8. The Bertz CT molecular complexity index is 1180. The van der Waals surface area contributed by atoms with Crippen molar-refractivity contribution in [3.63, 3.8) is 0 Å². The standard InChI is InChI=1S/C24H16Cl2O4/c1-14-10-18(29-22(27)11-15-6-8-17(25)9-7-15)13-20-23(14)24(28)21(30-20)12-16-4-2-3-5-19(16)26/h2-10,12-13H,11H2,1H3/b21-12-. The molecule has 0 saturated heterocycles. The molecule has 1 aliphatic rings. The Hall–Kier alpha value is -3.08. The summed E-state index contributed by atoms with van der Waals surface area (Å²) in [7, 11) is 0. The second-order valence-corrected chi connectivity index (χ2v) is 7.70. The zero-order valence-electron chi connectivity index (χ0n) is 15.9. The van der Waals surface area contributed by atoms with E-state index in [1.54, 1.807) is 61.5 Å². The SMILES string of the molecule is Cc1cc(OC(=O)Cc2ccc(Cl)cc2)cc2c1C(=O)/C(=C/c1ccccc1Cl)O2. The fourth-order valence-electron chi connectivity index (χ4n) is 3.21. The van der Waals surface area contributed by atoms with Gasteiger partial charge in [-0.3, -0.25) is 9.59 Å². The quantitative estimate of drug-likeness (QED) is 0.282. The first kappa shape index (κ1) is 20.2. The zero-order chi connectivity index (χ0) is 21.3. The number of carbonyl (C=O) groups excluding carboxylic acids is 2. The van der Waals surface area contributed by atoms with Crippen LogP contribution in [0.5, 0.6) is 11.5 Å². The molecule has 3 aromatic carbocycles. The number of hydrogen-bond donors (Lipinski definition) is 0. The summed E-state index contributed by atoms with van der Waals surface area (Å²) >= 11 is 12.0. The van der Waals surface area contributed by atoms with Crippen molar-refractivity contribution in [1.82, 2.24) is 0 Å². The van der Waals surface area contributed by atoms with Crippen molar-refractivity contribution in [2.24, 2.45) is 0 Å². The maximum Gasteiger partial charge on any atom is 0.315 e. The van der Waals surface area contributed by atoms with Crippen molar-refractivity contribution in [2.45, 2.75) is 13.3 Å². The maximum absolute atomic E-state index is 12.8. The Kier molecular flexibility index (Phi) is 5.62. The van der Waals surface area contributed by atoms with Crippen LogP contribution < -0.4 is 9.47 Å². The third-order valence-electron chi connectivity index (χ3n) is 4.63. The Morgan fingerprint density at radius 3 is 2.53 bits per heavy atom. The summed E-state index contributed by atoms with van der Waals surface area (Å²) in [5.74, 6) is 0.185. The van der Waals surface area contributed by atoms with Crippen LogP contribution in [0.2, 0.25) is 10.0 Å². The molecule has 0 saturated carbocycles. The number of rotatable bonds is 4. The molecule has 1 aliphatic heterocycles. The van der Waals surface area contributed by atoms with Crippen molar-refractivity contribution in [3.05, 3.63) is 98.7 Å². The highest BCUT2D eigenvalue weighted by molar-refractivity contribution is 6.32. The minimum atomic E-state index is -0.423. The molecular weight excluding hydrogens is 423 g/mol. The van der Waals surface area contributed by atoms with Crippen molar-refractivity contribution >= 4 is 41.0 Å². The highest BCUT2D eigenvalue weighted by Gasteiger charge is 2.30. The fourth-order valence-corrected chi connectivity index (χ4v) is 3.52. The molecule has 150 valence electrons. The van der Waals surface area contributed by atoms with Crippen LogP contribution in [-0.2, 0) is 11.2 Å². The Morgan fingerprint density at radius 1 is 1.07 bits per heavy atom. The van der Waals surface area contributed by atoms with Crippen LogP contribution in [0.25, 0.3) is 6.08 Å². The lowest BCUT2D eigenvalue weighted by atomic mass is 10.0. The molecule has 3 aromatic rings. The number of Topliss-reactive ketones (excluding diaryl/α,β-unsaturated/α-hetero) is 1. The minimum Gasteiger partial charge on any atom is -0.452 e. The van der Waals surface area contributed by atoms with Gasteiger partial charge in [0.2, 0.25) is 5.78 Å². The Balaban J connectivity index is 1.54. The number of fused-ring (bicyclic) bond motifs is 1. The van der Waals surface area contributed by atoms with Crippen LogP contribution in [0.15, 0.2) is 66.4 Å². The van der Waals surface area contributed by atoms with Gasteiger partial charge >= 0.3 is 5.97 Å². The predicted molar refractivity (Wildman–Crippen MR) is 116 cm³/mol. The molecule has 4 rings (SSSR count). The van der Waals surface area contributed by atoms with Crippen LogP contribution >= 0.6 is 23.2 Å². The van der Waals surface area contributed by atoms with Crippen LogP contribution in [0, 0.1) is 6.92 Å². The molecule has 0 amide bonds. The first-order chi connectivity index (χ1) is 14.4. The molecule has 0 N–H and O–H groups in total. The number of halogens is 2. The predicted octanol–water partition coefficient (Wildman–Crippen LogP) is 6.07. The largest absolute Gasteiger partial charge is 0.452 e. The van der Waals surface area contributed by atoms with Gasteiger partial charge in [0.15, 0.2) is 5.76 Å². The van der Waals surface area contributed by atoms with Gasteiger partial charge in [0.05, 0.1) is 12.0 Å². The summed E-state index contributed by atoms with van der Waals surface area (Å²) in [6.07, 6.45) is 1.71. The van der Waals surface area contributed by atoms with Crippen LogP contribution in [0.3, 0.4) is 0 Å². The topological polar surface area (TPSA) is 52.6 Å². The first-order valence-electron chi connectivity index (χ1n) is 9.19. The average Bonchev–Trinajstić information content (AvgIpc) is 3.01. The van der Waals surface area contributed by atoms with E-state index in [1.807, 2.05) is 12.1 Å². The fraction of sp³-hybridized carbons (Fsp3) is 0.0833. The number of carbonyl (C=O) groups is 2. The summed E-state index contributed by atoms with van der Waals surface area (Å²) in [6.45, 7) is 1.77. The van der Waals surface area contributed by atoms with Gasteiger partial charge in [-0.15, -0.1) is 0 Å². The van der Waals surface area contributed by atoms with Gasteiger partial charge in [-0.1, -0.05) is 53.5 Å². The number of aryl methyl sites for hydroxylation is 1. The van der Waals surface area contributed by atoms with E-state index in [-0.39, 0.29) is 18.0 Å². The van der Waals surface area contributed by atoms with E-state index in [1.165, 1.54) is 0 Å². The molecule has 1 heterocycles. The molecule has 0 unspecified atom stereocenters. The van der Waals surface area contributed by atoms with Gasteiger partial charge < -0.3 is 9.47 Å². The summed E-state index contributed by atoms with van der Waals surface area (Å²) < 4.78 is 11.2. The molecule has 30 heavy (non-hydrogen) atoms. The lowest BCUT2D eigenvalue weighted by Gasteiger charge is -2.08. The monoisotopic (exact) mass is 438 g/mol. The van der Waals surface area contributed by atoms with Crippen LogP contribution in [0.4, 0.5) is 0 Å². The van der Waals surface area contributed by atoms with Gasteiger partial charge in [0.1, 0.15) is 11.5 Å². The third-order valence-corrected chi connectivity index (χ3v) is 5.23. The van der Waals surface area contributed by atoms with Gasteiger partial charge in [-0.05, 0) is 54.0 Å². The lowest BCUT2D eigenvalue weighted by molar-refractivity contribution is -0.133. The van der Waals surface area contributed by atoms with Gasteiger partial charge in [0.25, 0.3) is 0 Å². The third kappa shape index (κ3) is 4.25. The van der Waals surface area contributed by atoms with Crippen molar-refractivity contribution in [3.8, 4) is 11.5 Å². The molecule has 0 fully saturated rings. The van der Waals surface area contributed by atoms with E-state index in [9.17, 15) is 9.59 Å². The second kappa shape index (κ2) is 8.34. The number of hydrogen-bond acceptors (Lipinski definition) is 4. The second-order valence-electron chi connectivity index (χ2n) is 6.85. The van der Waals surface area contributed by atoms with Gasteiger partial charge in [-0.25, -0.2) is 0 Å². The summed E-state index contributed by atoms with van der Waals surface area (Å²) in [6, 6.07) is 17.4. The highest BCUT2D eigenvalue weighted by atomic mass is 35.5. The number of benzene rings is 3. The van der Waals surface area contributed by atoms with Crippen molar-refractivity contribution < 1.29 is 19.1 Å². The average molecular weight is 439 g/mol. The molecule has 0 atom stereocenters. The molecular formula is C24H16Cl2O4. The van der Waals surface area contributed by atoms with Crippen LogP contribution in [0.1, 0.15) is 27.0 Å². The van der Waals surface area contributed by atoms with E-state index in [2.05, 4.69) is 0 Å². The number of ether oxygens (including phenoxy) is 2. The zero-order valence-corrected chi connectivity index (χ0v) is 17.5. The van der Waals surface area contributed by atoms with E-state index in [0.717, 1.165) is 5.56 Å². The van der Waals surface area contributed by atoms with Crippen molar-refractivity contribution in [2.75, 3.05) is 0 Å². The molecule has 0 radical (unpaired) electrons. The molecule has 4 nitrogen and oxygen atoms in total. The molecule has 0 spiro atoms. The van der Waals surface area contributed by atoms with Gasteiger partial charge in [0, 0.05) is 16.1 Å². The first-order valence-corrected chi connectivity index (χ1v) is 9.95. The van der Waals surface area contributed by atoms with Gasteiger partial charge in [-0.2, -0.15) is 0 Å². The number of allylic oxidation sites excluding steroid dienone is 1. The van der Waals surface area contributed by atoms with Crippen molar-refractivity contribution in [1.29, 1.82) is 0 Å². The molecule has 6 heteroatoms. The summed E-state index contributed by atoms with van der Waals surface area (Å²) in [4.78, 5) is 25.1. The smallest absolute Gasteiger partial charge is 0.315 e. The van der Waals surface area contributed by atoms with E-state index in [4.69, 9.17) is 32.7 Å². The van der Waals surface area contributed by atoms with E-state index >= 15 is 0 Å². The molecule has 0 aliphatic carbocycles. The lowest BCUT2D eigenvalue weighted by Crippen LogP contribution is -2.11. The number of ketones is 1. The highest BCUT2D eigenvalue weighted by Crippen LogP contribution is 2.38. The minimum absolute atomic E-state index is 0.102.